The van der Waals surface area contributed by atoms with E-state index in [1.54, 1.807) is 0 Å². The Morgan fingerprint density at radius 3 is 1.23 bits per heavy atom. The lowest BCUT2D eigenvalue weighted by Gasteiger charge is -2.40. The summed E-state index contributed by atoms with van der Waals surface area (Å²) in [4.78, 5) is 0. The number of halogens is 15. The summed E-state index contributed by atoms with van der Waals surface area (Å²) in [7, 11) is -0.379. The third-order valence-electron chi connectivity index (χ3n) is 3.03. The van der Waals surface area contributed by atoms with E-state index in [-0.39, 0.29) is 10.5 Å². The van der Waals surface area contributed by atoms with E-state index in [1.807, 2.05) is 0 Å². The highest BCUT2D eigenvalue weighted by molar-refractivity contribution is 6.48. The maximum atomic E-state index is 13.3. The molecule has 0 aliphatic carbocycles. The van der Waals surface area contributed by atoms with Crippen LogP contribution >= 0.6 is 23.2 Å². The number of hydrogen-bond acceptors (Lipinski definition) is 1. The summed E-state index contributed by atoms with van der Waals surface area (Å²) < 4.78 is 168. The molecule has 0 heterocycles. The summed E-state index contributed by atoms with van der Waals surface area (Å²) in [5.41, 5.74) is 0. The van der Waals surface area contributed by atoms with Gasteiger partial charge in [0.25, 0.3) is 0 Å². The van der Waals surface area contributed by atoms with Crippen LogP contribution in [0.5, 0.6) is 0 Å². The molecule has 0 fully saturated rings. The van der Waals surface area contributed by atoms with Crippen LogP contribution in [0.2, 0.25) is 0 Å². The minimum Gasteiger partial charge on any atom is -0.399 e. The second kappa shape index (κ2) is 7.03. The molecular weight excluding hydrogens is 470 g/mol. The van der Waals surface area contributed by atoms with Crippen LogP contribution in [0.15, 0.2) is 0 Å². The highest BCUT2D eigenvalue weighted by Crippen LogP contribution is 2.61. The Hall–Kier alpha value is -0.153. The van der Waals surface area contributed by atoms with Crippen molar-refractivity contribution in [2.24, 2.45) is 0 Å². The lowest BCUT2D eigenvalue weighted by Crippen LogP contribution is -2.70. The van der Waals surface area contributed by atoms with Crippen molar-refractivity contribution in [2.45, 2.75) is 53.2 Å². The SMILES string of the molecule is FC(F)(F)C(F)(F)C(F)(F)C(F)(F)C(F)(F)C(F)(F)CCC(Cl)(Cl)O[SiH3]. The first-order valence-corrected chi connectivity index (χ1v) is 7.48. The summed E-state index contributed by atoms with van der Waals surface area (Å²) in [5, 5.41) is 0. The number of alkyl halides is 15. The fraction of sp³-hybridized carbons (Fsp3) is 1.00. The molecule has 0 atom stereocenters. The summed E-state index contributed by atoms with van der Waals surface area (Å²) >= 11 is 10.2. The van der Waals surface area contributed by atoms with Gasteiger partial charge in [-0.3, -0.25) is 0 Å². The summed E-state index contributed by atoms with van der Waals surface area (Å²) in [6, 6.07) is 0. The van der Waals surface area contributed by atoms with Crippen LogP contribution in [0.4, 0.5) is 57.1 Å². The number of rotatable bonds is 8. The molecule has 158 valence electrons. The van der Waals surface area contributed by atoms with Gasteiger partial charge in [-0.25, -0.2) is 0 Å². The number of hydrogen-bond donors (Lipinski definition) is 0. The molecule has 0 bridgehead atoms. The highest BCUT2D eigenvalue weighted by atomic mass is 35.5. The molecule has 0 N–H and O–H groups in total. The molecule has 0 aromatic carbocycles. The quantitative estimate of drug-likeness (QED) is 0.274. The Kier molecular flexibility index (Phi) is 6.98. The molecule has 0 saturated carbocycles. The van der Waals surface area contributed by atoms with E-state index >= 15 is 0 Å². The van der Waals surface area contributed by atoms with Gasteiger partial charge in [0.2, 0.25) is 4.52 Å². The van der Waals surface area contributed by atoms with Gasteiger partial charge in [0.05, 0.1) is 0 Å². The van der Waals surface area contributed by atoms with Gasteiger partial charge in [0.15, 0.2) is 0 Å². The highest BCUT2D eigenvalue weighted by Gasteiger charge is 2.90. The third kappa shape index (κ3) is 4.14. The monoisotopic (exact) mass is 476 g/mol. The van der Waals surface area contributed by atoms with Crippen LogP contribution in [0.25, 0.3) is 0 Å². The average molecular weight is 477 g/mol. The van der Waals surface area contributed by atoms with Crippen molar-refractivity contribution in [3.05, 3.63) is 0 Å². The van der Waals surface area contributed by atoms with Crippen molar-refractivity contribution in [2.75, 3.05) is 0 Å². The van der Waals surface area contributed by atoms with Crippen LogP contribution in [0.3, 0.4) is 0 Å². The van der Waals surface area contributed by atoms with Crippen molar-refractivity contribution in [3.63, 3.8) is 0 Å². The normalized spacial score (nSPS) is 16.3. The Morgan fingerprint density at radius 2 is 0.923 bits per heavy atom. The lowest BCUT2D eigenvalue weighted by molar-refractivity contribution is -0.440. The molecule has 26 heavy (non-hydrogen) atoms. The van der Waals surface area contributed by atoms with Gasteiger partial charge < -0.3 is 4.43 Å². The van der Waals surface area contributed by atoms with E-state index in [4.69, 9.17) is 23.2 Å². The van der Waals surface area contributed by atoms with Crippen molar-refractivity contribution in [3.8, 4) is 0 Å². The maximum Gasteiger partial charge on any atom is 0.460 e. The Bertz CT molecular complexity index is 504. The molecule has 1 nitrogen and oxygen atoms in total. The lowest BCUT2D eigenvalue weighted by atomic mass is 9.92. The van der Waals surface area contributed by atoms with Crippen LogP contribution in [-0.4, -0.2) is 50.8 Å². The Balaban J connectivity index is 6.01. The zero-order chi connectivity index (χ0) is 21.6. The third-order valence-corrected chi connectivity index (χ3v) is 4.93. The van der Waals surface area contributed by atoms with Gasteiger partial charge in [-0.15, -0.1) is 0 Å². The molecule has 0 rings (SSSR count). The molecule has 0 aromatic rings. The standard InChI is InChI=1S/C9H7Cl2F13OSi/c10-4(11,25-26)2-1-3(12,13)5(14,15)6(16,17)7(18,19)8(20,21)9(22,23)24/h1-2H2,26H3. The van der Waals surface area contributed by atoms with Gasteiger partial charge in [-0.05, 0) is 0 Å². The second-order valence-corrected chi connectivity index (χ2v) is 6.66. The Labute approximate surface area is 149 Å². The minimum atomic E-state index is -7.92. The maximum absolute atomic E-state index is 13.3. The largest absolute Gasteiger partial charge is 0.460 e. The van der Waals surface area contributed by atoms with Gasteiger partial charge >= 0.3 is 35.8 Å². The fourth-order valence-corrected chi connectivity index (χ4v) is 1.76. The molecular formula is C9H7Cl2F13OSi. The molecule has 0 unspecified atom stereocenters. The van der Waals surface area contributed by atoms with Crippen LogP contribution in [-0.2, 0) is 4.43 Å². The molecule has 0 aliphatic rings. The Morgan fingerprint density at radius 1 is 0.577 bits per heavy atom. The van der Waals surface area contributed by atoms with E-state index in [9.17, 15) is 57.1 Å². The van der Waals surface area contributed by atoms with Gasteiger partial charge in [0.1, 0.15) is 10.5 Å². The van der Waals surface area contributed by atoms with Gasteiger partial charge in [0, 0.05) is 12.8 Å². The van der Waals surface area contributed by atoms with Crippen LogP contribution in [0.1, 0.15) is 12.8 Å². The topological polar surface area (TPSA) is 9.23 Å². The predicted molar refractivity (Wildman–Crippen MR) is 65.5 cm³/mol. The zero-order valence-electron chi connectivity index (χ0n) is 12.0. The summed E-state index contributed by atoms with van der Waals surface area (Å²) in [6.07, 6.45) is -11.5. The van der Waals surface area contributed by atoms with Crippen LogP contribution in [0, 0.1) is 0 Å². The first-order chi connectivity index (χ1) is 11.0. The molecule has 0 saturated heterocycles. The molecule has 0 aliphatic heterocycles. The van der Waals surface area contributed by atoms with Crippen molar-refractivity contribution in [1.82, 2.24) is 0 Å². The predicted octanol–water partition coefficient (Wildman–Crippen LogP) is 4.93. The first-order valence-electron chi connectivity index (χ1n) is 5.90. The summed E-state index contributed by atoms with van der Waals surface area (Å²) in [6.45, 7) is 0. The van der Waals surface area contributed by atoms with E-state index in [0.29, 0.717) is 0 Å². The smallest absolute Gasteiger partial charge is 0.399 e. The minimum absolute atomic E-state index is 0.379. The zero-order valence-corrected chi connectivity index (χ0v) is 15.5. The fourth-order valence-electron chi connectivity index (χ4n) is 1.36. The summed E-state index contributed by atoms with van der Waals surface area (Å²) in [5.74, 6) is -37.0. The van der Waals surface area contributed by atoms with Gasteiger partial charge in [-0.1, -0.05) is 23.2 Å². The molecule has 0 amide bonds. The van der Waals surface area contributed by atoms with E-state index in [1.165, 1.54) is 0 Å². The van der Waals surface area contributed by atoms with E-state index in [2.05, 4.69) is 4.43 Å². The van der Waals surface area contributed by atoms with Crippen molar-refractivity contribution in [1.29, 1.82) is 0 Å². The van der Waals surface area contributed by atoms with Crippen molar-refractivity contribution >= 4 is 33.7 Å². The first kappa shape index (κ1) is 25.8. The molecule has 0 aromatic heterocycles. The van der Waals surface area contributed by atoms with E-state index < -0.39 is 53.2 Å². The second-order valence-electron chi connectivity index (χ2n) is 4.84. The van der Waals surface area contributed by atoms with Crippen LogP contribution < -0.4 is 0 Å². The average Bonchev–Trinajstić information content (AvgIpc) is 2.43. The molecule has 0 radical (unpaired) electrons. The molecule has 17 heteroatoms. The van der Waals surface area contributed by atoms with Crippen molar-refractivity contribution < 1.29 is 61.5 Å². The van der Waals surface area contributed by atoms with Gasteiger partial charge in [-0.2, -0.15) is 57.1 Å². The molecule has 0 spiro atoms. The van der Waals surface area contributed by atoms with E-state index in [0.717, 1.165) is 0 Å².